The van der Waals surface area contributed by atoms with E-state index in [9.17, 15) is 49.4 Å². The van der Waals surface area contributed by atoms with E-state index in [1.807, 2.05) is 0 Å². The van der Waals surface area contributed by atoms with Gasteiger partial charge in [0.1, 0.15) is 5.60 Å². The molecular formula is C18H23F9O3. The summed E-state index contributed by atoms with van der Waals surface area (Å²) in [5.74, 6) is -4.22. The molecule has 2 rings (SSSR count). The van der Waals surface area contributed by atoms with Crippen LogP contribution in [0.1, 0.15) is 47.0 Å². The summed E-state index contributed by atoms with van der Waals surface area (Å²) in [7, 11) is 0. The van der Waals surface area contributed by atoms with Crippen molar-refractivity contribution in [3.63, 3.8) is 0 Å². The number of halogens is 9. The van der Waals surface area contributed by atoms with Gasteiger partial charge in [-0.2, -0.15) is 39.5 Å². The average Bonchev–Trinajstić information content (AvgIpc) is 3.02. The quantitative estimate of drug-likeness (QED) is 0.453. The van der Waals surface area contributed by atoms with Gasteiger partial charge in [-0.1, -0.05) is 13.8 Å². The van der Waals surface area contributed by atoms with Gasteiger partial charge in [-0.15, -0.1) is 0 Å². The molecule has 176 valence electrons. The molecular weight excluding hydrogens is 435 g/mol. The third-order valence-corrected chi connectivity index (χ3v) is 6.84. The Labute approximate surface area is 166 Å². The molecule has 0 aliphatic heterocycles. The smallest absolute Gasteiger partial charge is 0.426 e. The summed E-state index contributed by atoms with van der Waals surface area (Å²) in [6.45, 7) is 4.48. The second kappa shape index (κ2) is 6.90. The molecule has 12 heteroatoms. The maximum Gasteiger partial charge on any atom is 0.426 e. The number of fused-ring (bicyclic) bond motifs is 2. The Morgan fingerprint density at radius 1 is 0.967 bits per heavy atom. The predicted molar refractivity (Wildman–Crippen MR) is 84.9 cm³/mol. The van der Waals surface area contributed by atoms with Crippen molar-refractivity contribution in [2.45, 2.75) is 76.7 Å². The molecule has 0 heterocycles. The Morgan fingerprint density at radius 2 is 1.43 bits per heavy atom. The van der Waals surface area contributed by atoms with Crippen LogP contribution >= 0.6 is 0 Å². The number of carbonyl (C=O) groups is 1. The van der Waals surface area contributed by atoms with E-state index in [0.29, 0.717) is 13.8 Å². The molecule has 0 amide bonds. The molecule has 5 unspecified atom stereocenters. The molecule has 0 spiro atoms. The van der Waals surface area contributed by atoms with Crippen LogP contribution in [0.15, 0.2) is 0 Å². The van der Waals surface area contributed by atoms with Crippen molar-refractivity contribution in [1.82, 2.24) is 0 Å². The van der Waals surface area contributed by atoms with Crippen LogP contribution < -0.4 is 0 Å². The first-order valence-electron chi connectivity index (χ1n) is 9.27. The fraction of sp³-hybridized carbons (Fsp3) is 0.944. The van der Waals surface area contributed by atoms with Gasteiger partial charge in [-0.3, -0.25) is 4.79 Å². The molecule has 1 N–H and O–H groups in total. The first-order valence-corrected chi connectivity index (χ1v) is 9.27. The van der Waals surface area contributed by atoms with E-state index < -0.39 is 71.7 Å². The van der Waals surface area contributed by atoms with Crippen molar-refractivity contribution in [2.75, 3.05) is 0 Å². The highest BCUT2D eigenvalue weighted by molar-refractivity contribution is 5.79. The largest absolute Gasteiger partial charge is 0.459 e. The zero-order valence-corrected chi connectivity index (χ0v) is 16.6. The first kappa shape index (κ1) is 25.1. The predicted octanol–water partition coefficient (Wildman–Crippen LogP) is 5.41. The number of alkyl halides is 9. The van der Waals surface area contributed by atoms with Crippen LogP contribution in [0.25, 0.3) is 0 Å². The van der Waals surface area contributed by atoms with Crippen molar-refractivity contribution >= 4 is 5.97 Å². The summed E-state index contributed by atoms with van der Waals surface area (Å²) in [5.41, 5.74) is -11.0. The lowest BCUT2D eigenvalue weighted by Gasteiger charge is -2.44. The lowest BCUT2D eigenvalue weighted by molar-refractivity contribution is -0.378. The molecule has 0 aromatic rings. The summed E-state index contributed by atoms with van der Waals surface area (Å²) >= 11 is 0. The summed E-state index contributed by atoms with van der Waals surface area (Å²) in [6.07, 6.45) is -20.2. The molecule has 0 aromatic carbocycles. The minimum Gasteiger partial charge on any atom is -0.459 e. The van der Waals surface area contributed by atoms with Crippen LogP contribution in [0.2, 0.25) is 0 Å². The SMILES string of the molecule is CC1C2CC(C1C)C(C(=O)OC(C)(C)CC(O)(C(F)(F)F)C(F)(F)F)(C(F)(F)F)C2. The van der Waals surface area contributed by atoms with Gasteiger partial charge >= 0.3 is 24.5 Å². The van der Waals surface area contributed by atoms with Gasteiger partial charge in [0.2, 0.25) is 0 Å². The summed E-state index contributed by atoms with van der Waals surface area (Å²) in [5, 5.41) is 9.34. The number of esters is 1. The molecule has 0 aromatic heterocycles. The first-order chi connectivity index (χ1) is 13.1. The fourth-order valence-electron chi connectivity index (χ4n) is 5.07. The topological polar surface area (TPSA) is 46.5 Å². The van der Waals surface area contributed by atoms with Crippen LogP contribution in [0.3, 0.4) is 0 Å². The van der Waals surface area contributed by atoms with E-state index in [1.165, 1.54) is 6.92 Å². The standard InChI is InChI=1S/C18H23F9O3/c1-8-9(2)11-5-10(8)6-14(11,16(19,20)21)12(28)30-13(3,4)7-15(29,17(22,23)24)18(25,26)27/h8-11,29H,5-7H2,1-4H3. The Bertz CT molecular complexity index is 664. The Morgan fingerprint density at radius 3 is 1.77 bits per heavy atom. The number of hydrogen-bond donors (Lipinski definition) is 1. The Balaban J connectivity index is 2.37. The summed E-state index contributed by atoms with van der Waals surface area (Å²) in [6, 6.07) is 0. The van der Waals surface area contributed by atoms with E-state index in [1.54, 1.807) is 6.92 Å². The number of rotatable bonds is 4. The second-order valence-corrected chi connectivity index (χ2v) is 9.18. The van der Waals surface area contributed by atoms with Crippen molar-refractivity contribution in [3.05, 3.63) is 0 Å². The van der Waals surface area contributed by atoms with Crippen molar-refractivity contribution in [3.8, 4) is 0 Å². The van der Waals surface area contributed by atoms with Gasteiger partial charge in [-0.25, -0.2) is 0 Å². The van der Waals surface area contributed by atoms with Crippen LogP contribution in [0, 0.1) is 29.1 Å². The Kier molecular flexibility index (Phi) is 5.76. The minimum atomic E-state index is -6.19. The average molecular weight is 458 g/mol. The zero-order valence-electron chi connectivity index (χ0n) is 16.6. The molecule has 2 aliphatic rings. The van der Waals surface area contributed by atoms with Gasteiger partial charge in [0, 0.05) is 6.42 Å². The van der Waals surface area contributed by atoms with Crippen LogP contribution in [-0.2, 0) is 9.53 Å². The maximum atomic E-state index is 14.0. The molecule has 0 saturated heterocycles. The number of carbonyl (C=O) groups excluding carboxylic acids is 1. The van der Waals surface area contributed by atoms with Crippen LogP contribution in [0.5, 0.6) is 0 Å². The lowest BCUT2D eigenvalue weighted by atomic mass is 9.65. The summed E-state index contributed by atoms with van der Waals surface area (Å²) < 4.78 is 124. The minimum absolute atomic E-state index is 0.0619. The molecule has 3 nitrogen and oxygen atoms in total. The van der Waals surface area contributed by atoms with E-state index in [4.69, 9.17) is 0 Å². The van der Waals surface area contributed by atoms with Crippen LogP contribution in [0.4, 0.5) is 39.5 Å². The molecule has 2 fully saturated rings. The fourth-order valence-corrected chi connectivity index (χ4v) is 5.07. The van der Waals surface area contributed by atoms with Crippen molar-refractivity contribution in [2.24, 2.45) is 29.1 Å². The van der Waals surface area contributed by atoms with Gasteiger partial charge in [0.25, 0.3) is 5.60 Å². The number of ether oxygens (including phenoxy) is 1. The second-order valence-electron chi connectivity index (χ2n) is 9.18. The third-order valence-electron chi connectivity index (χ3n) is 6.84. The van der Waals surface area contributed by atoms with Gasteiger partial charge in [0.05, 0.1) is 0 Å². The highest BCUT2D eigenvalue weighted by Gasteiger charge is 2.75. The van der Waals surface area contributed by atoms with E-state index >= 15 is 0 Å². The van der Waals surface area contributed by atoms with E-state index in [2.05, 4.69) is 4.74 Å². The molecule has 30 heavy (non-hydrogen) atoms. The Hall–Kier alpha value is -1.20. The number of hydrogen-bond acceptors (Lipinski definition) is 3. The highest BCUT2D eigenvalue weighted by Crippen LogP contribution is 2.67. The maximum absolute atomic E-state index is 14.0. The molecule has 2 bridgehead atoms. The van der Waals surface area contributed by atoms with Crippen molar-refractivity contribution < 1.29 is 54.2 Å². The monoisotopic (exact) mass is 458 g/mol. The lowest BCUT2D eigenvalue weighted by Crippen LogP contribution is -2.61. The molecule has 0 radical (unpaired) electrons. The van der Waals surface area contributed by atoms with E-state index in [-0.39, 0.29) is 12.3 Å². The molecule has 2 aliphatic carbocycles. The third kappa shape index (κ3) is 3.66. The van der Waals surface area contributed by atoms with Gasteiger partial charge < -0.3 is 9.84 Å². The number of aliphatic hydroxyl groups is 1. The zero-order chi connectivity index (χ0) is 23.7. The molecule has 2 saturated carbocycles. The van der Waals surface area contributed by atoms with Gasteiger partial charge in [0.15, 0.2) is 5.41 Å². The highest BCUT2D eigenvalue weighted by atomic mass is 19.4. The van der Waals surface area contributed by atoms with E-state index in [0.717, 1.165) is 0 Å². The van der Waals surface area contributed by atoms with Crippen molar-refractivity contribution in [1.29, 1.82) is 0 Å². The van der Waals surface area contributed by atoms with Crippen LogP contribution in [-0.4, -0.2) is 40.8 Å². The molecule has 5 atom stereocenters. The van der Waals surface area contributed by atoms with Gasteiger partial charge in [-0.05, 0) is 50.4 Å². The summed E-state index contributed by atoms with van der Waals surface area (Å²) in [4.78, 5) is 12.7. The normalized spacial score (nSPS) is 33.1.